The molecule has 0 aliphatic carbocycles. The Bertz CT molecular complexity index is 802. The molecule has 0 aliphatic heterocycles. The second-order valence-corrected chi connectivity index (χ2v) is 5.24. The number of hydrogen-bond acceptors (Lipinski definition) is 6. The zero-order valence-corrected chi connectivity index (χ0v) is 12.8. The predicted molar refractivity (Wildman–Crippen MR) is 86.0 cm³/mol. The highest BCUT2D eigenvalue weighted by atomic mass is 35.5. The van der Waals surface area contributed by atoms with Crippen LogP contribution in [0.25, 0.3) is 0 Å². The molecule has 0 unspecified atom stereocenters. The van der Waals surface area contributed by atoms with Gasteiger partial charge in [-0.2, -0.15) is 4.98 Å². The van der Waals surface area contributed by atoms with E-state index in [1.807, 2.05) is 44.2 Å². The molecule has 0 fully saturated rings. The number of nitrogens with one attached hydrogen (secondary N) is 2. The van der Waals surface area contributed by atoms with Crippen LogP contribution in [-0.2, 0) is 0 Å². The topological polar surface area (TPSA) is 75.9 Å². The van der Waals surface area contributed by atoms with Gasteiger partial charge in [0.25, 0.3) is 0 Å². The Kier molecular flexibility index (Phi) is 3.93. The lowest BCUT2D eigenvalue weighted by molar-refractivity contribution is 0.400. The molecule has 2 N–H and O–H groups in total. The number of rotatable bonds is 4. The van der Waals surface area contributed by atoms with Crippen molar-refractivity contribution in [3.63, 3.8) is 0 Å². The summed E-state index contributed by atoms with van der Waals surface area (Å²) in [6.07, 6.45) is 0. The molecule has 3 aromatic rings. The molecule has 0 atom stereocenters. The fourth-order valence-corrected chi connectivity index (χ4v) is 2.13. The summed E-state index contributed by atoms with van der Waals surface area (Å²) in [5, 5.41) is 10.7. The van der Waals surface area contributed by atoms with Crippen molar-refractivity contribution in [3.05, 3.63) is 52.9 Å². The van der Waals surface area contributed by atoms with E-state index in [1.54, 1.807) is 6.07 Å². The van der Waals surface area contributed by atoms with E-state index in [0.29, 0.717) is 28.4 Å². The summed E-state index contributed by atoms with van der Waals surface area (Å²) in [5.74, 6) is 2.39. The van der Waals surface area contributed by atoms with Crippen molar-refractivity contribution in [1.82, 2.24) is 15.1 Å². The molecule has 0 aliphatic rings. The third-order valence-corrected chi connectivity index (χ3v) is 3.05. The standard InChI is InChI=1S/C15H14ClN5O/c1-9-6-13(18-12-5-3-4-11(16)8-12)19-15(17-9)20-14-7-10(2)22-21-14/h3-8H,1-2H3,(H2,17,18,19,20,21). The third kappa shape index (κ3) is 3.53. The monoisotopic (exact) mass is 315 g/mol. The smallest absolute Gasteiger partial charge is 0.230 e. The van der Waals surface area contributed by atoms with Gasteiger partial charge in [-0.3, -0.25) is 0 Å². The summed E-state index contributed by atoms with van der Waals surface area (Å²) in [5.41, 5.74) is 1.68. The Morgan fingerprint density at radius 2 is 1.86 bits per heavy atom. The van der Waals surface area contributed by atoms with Crippen LogP contribution in [0, 0.1) is 13.8 Å². The number of benzene rings is 1. The molecule has 2 heterocycles. The van der Waals surface area contributed by atoms with Gasteiger partial charge in [0.05, 0.1) is 0 Å². The normalized spacial score (nSPS) is 10.5. The first kappa shape index (κ1) is 14.3. The van der Waals surface area contributed by atoms with Crippen molar-refractivity contribution in [2.75, 3.05) is 10.6 Å². The third-order valence-electron chi connectivity index (χ3n) is 2.82. The minimum absolute atomic E-state index is 0.442. The van der Waals surface area contributed by atoms with Crippen LogP contribution in [0.2, 0.25) is 5.02 Å². The quantitative estimate of drug-likeness (QED) is 0.750. The number of nitrogens with zero attached hydrogens (tertiary/aromatic N) is 3. The molecule has 0 radical (unpaired) electrons. The Balaban J connectivity index is 1.83. The molecule has 0 saturated heterocycles. The van der Waals surface area contributed by atoms with Crippen molar-refractivity contribution < 1.29 is 4.52 Å². The summed E-state index contributed by atoms with van der Waals surface area (Å²) in [4.78, 5) is 8.73. The van der Waals surface area contributed by atoms with Crippen molar-refractivity contribution in [2.24, 2.45) is 0 Å². The Hall–Kier alpha value is -2.60. The maximum absolute atomic E-state index is 5.98. The molecule has 22 heavy (non-hydrogen) atoms. The molecule has 0 bridgehead atoms. The summed E-state index contributed by atoms with van der Waals surface area (Å²) < 4.78 is 5.01. The molecule has 3 rings (SSSR count). The first-order chi connectivity index (χ1) is 10.6. The molecule has 7 heteroatoms. The fourth-order valence-electron chi connectivity index (χ4n) is 1.94. The number of anilines is 4. The van der Waals surface area contributed by atoms with Crippen LogP contribution in [0.3, 0.4) is 0 Å². The number of aryl methyl sites for hydroxylation is 2. The lowest BCUT2D eigenvalue weighted by Gasteiger charge is -2.09. The SMILES string of the molecule is Cc1cc(Nc2cccc(Cl)c2)nc(Nc2cc(C)on2)n1. The fraction of sp³-hybridized carbons (Fsp3) is 0.133. The van der Waals surface area contributed by atoms with Crippen LogP contribution in [0.5, 0.6) is 0 Å². The van der Waals surface area contributed by atoms with E-state index in [2.05, 4.69) is 25.8 Å². The van der Waals surface area contributed by atoms with Gasteiger partial charge in [-0.15, -0.1) is 0 Å². The van der Waals surface area contributed by atoms with Crippen LogP contribution in [0.1, 0.15) is 11.5 Å². The molecule has 1 aromatic carbocycles. The van der Waals surface area contributed by atoms with Crippen molar-refractivity contribution >= 4 is 34.9 Å². The molecule has 0 saturated carbocycles. The molecule has 2 aromatic heterocycles. The highest BCUT2D eigenvalue weighted by molar-refractivity contribution is 6.30. The van der Waals surface area contributed by atoms with Crippen molar-refractivity contribution in [1.29, 1.82) is 0 Å². The van der Waals surface area contributed by atoms with Crippen molar-refractivity contribution in [2.45, 2.75) is 13.8 Å². The highest BCUT2D eigenvalue weighted by Gasteiger charge is 2.06. The van der Waals surface area contributed by atoms with Gasteiger partial charge in [-0.05, 0) is 32.0 Å². The Morgan fingerprint density at radius 1 is 1.00 bits per heavy atom. The number of hydrogen-bond donors (Lipinski definition) is 2. The Morgan fingerprint density at radius 3 is 2.59 bits per heavy atom. The Labute approximate surface area is 132 Å². The average Bonchev–Trinajstić information content (AvgIpc) is 2.83. The van der Waals surface area contributed by atoms with Gasteiger partial charge in [0.2, 0.25) is 5.95 Å². The minimum atomic E-state index is 0.442. The second kappa shape index (κ2) is 6.03. The van der Waals surface area contributed by atoms with Gasteiger partial charge >= 0.3 is 0 Å². The van der Waals surface area contributed by atoms with Crippen LogP contribution in [0.4, 0.5) is 23.3 Å². The van der Waals surface area contributed by atoms with Gasteiger partial charge < -0.3 is 15.2 Å². The summed E-state index contributed by atoms with van der Waals surface area (Å²) in [6.45, 7) is 3.71. The van der Waals surface area contributed by atoms with Crippen LogP contribution >= 0.6 is 11.6 Å². The number of aromatic nitrogens is 3. The maximum atomic E-state index is 5.98. The molecule has 0 amide bonds. The van der Waals surface area contributed by atoms with E-state index in [4.69, 9.17) is 16.1 Å². The first-order valence-electron chi connectivity index (χ1n) is 6.67. The minimum Gasteiger partial charge on any atom is -0.360 e. The maximum Gasteiger partial charge on any atom is 0.230 e. The van der Waals surface area contributed by atoms with Crippen LogP contribution in [0.15, 0.2) is 40.9 Å². The van der Waals surface area contributed by atoms with E-state index >= 15 is 0 Å². The molecule has 0 spiro atoms. The van der Waals surface area contributed by atoms with E-state index in [9.17, 15) is 0 Å². The molecule has 6 nitrogen and oxygen atoms in total. The van der Waals surface area contributed by atoms with Crippen LogP contribution in [-0.4, -0.2) is 15.1 Å². The zero-order valence-electron chi connectivity index (χ0n) is 12.1. The van der Waals surface area contributed by atoms with Crippen molar-refractivity contribution in [3.8, 4) is 0 Å². The van der Waals surface area contributed by atoms with E-state index in [-0.39, 0.29) is 0 Å². The summed E-state index contributed by atoms with van der Waals surface area (Å²) >= 11 is 5.98. The van der Waals surface area contributed by atoms with E-state index < -0.39 is 0 Å². The summed E-state index contributed by atoms with van der Waals surface area (Å²) in [7, 11) is 0. The molecule has 112 valence electrons. The van der Waals surface area contributed by atoms with E-state index in [1.165, 1.54) is 0 Å². The second-order valence-electron chi connectivity index (χ2n) is 4.80. The zero-order chi connectivity index (χ0) is 15.5. The van der Waals surface area contributed by atoms with E-state index in [0.717, 1.165) is 11.4 Å². The predicted octanol–water partition coefficient (Wildman–Crippen LogP) is 4.22. The van der Waals surface area contributed by atoms with Gasteiger partial charge in [-0.1, -0.05) is 22.8 Å². The lowest BCUT2D eigenvalue weighted by Crippen LogP contribution is -2.02. The molecular formula is C15H14ClN5O. The largest absolute Gasteiger partial charge is 0.360 e. The van der Waals surface area contributed by atoms with Crippen LogP contribution < -0.4 is 10.6 Å². The average molecular weight is 316 g/mol. The van der Waals surface area contributed by atoms with Gasteiger partial charge in [0.1, 0.15) is 11.6 Å². The molecular weight excluding hydrogens is 302 g/mol. The highest BCUT2D eigenvalue weighted by Crippen LogP contribution is 2.21. The first-order valence-corrected chi connectivity index (χ1v) is 7.05. The number of halogens is 1. The van der Waals surface area contributed by atoms with Gasteiger partial charge in [0.15, 0.2) is 5.82 Å². The van der Waals surface area contributed by atoms with Gasteiger partial charge in [-0.25, -0.2) is 4.98 Å². The summed E-state index contributed by atoms with van der Waals surface area (Å²) in [6, 6.07) is 11.0. The van der Waals surface area contributed by atoms with Gasteiger partial charge in [0, 0.05) is 28.5 Å². The lowest BCUT2D eigenvalue weighted by atomic mass is 10.3.